The third-order valence-electron chi connectivity index (χ3n) is 4.50. The Hall–Kier alpha value is -1.37. The third-order valence-corrected chi connectivity index (χ3v) is 4.50. The van der Waals surface area contributed by atoms with Gasteiger partial charge in [-0.1, -0.05) is 0 Å². The average Bonchev–Trinajstić information content (AvgIpc) is 2.95. The van der Waals surface area contributed by atoms with Gasteiger partial charge in [0.1, 0.15) is 11.5 Å². The molecule has 1 N–H and O–H groups in total. The molecule has 6 nitrogen and oxygen atoms in total. The average molecular weight is 322 g/mol. The van der Waals surface area contributed by atoms with Gasteiger partial charge in [0.2, 0.25) is 0 Å². The van der Waals surface area contributed by atoms with Crippen molar-refractivity contribution in [3.05, 3.63) is 23.2 Å². The standard InChI is InChI=1S/C17H26N2O4/c1-13-16(17(20)18-10-14-3-2-6-22-12-14)9-15(23-13)11-19-4-7-21-8-5-19/h9,14H,2-8,10-12H2,1H3,(H,18,20). The molecule has 0 bridgehead atoms. The topological polar surface area (TPSA) is 63.9 Å². The zero-order valence-corrected chi connectivity index (χ0v) is 13.8. The maximum absolute atomic E-state index is 12.4. The third kappa shape index (κ3) is 4.56. The molecule has 0 aromatic carbocycles. The Kier molecular flexibility index (Phi) is 5.70. The van der Waals surface area contributed by atoms with Gasteiger partial charge in [-0.2, -0.15) is 0 Å². The van der Waals surface area contributed by atoms with E-state index in [-0.39, 0.29) is 5.91 Å². The molecule has 2 saturated heterocycles. The van der Waals surface area contributed by atoms with E-state index in [2.05, 4.69) is 10.2 Å². The van der Waals surface area contributed by atoms with E-state index in [1.54, 1.807) is 0 Å². The van der Waals surface area contributed by atoms with Crippen LogP contribution in [0.5, 0.6) is 0 Å². The lowest BCUT2D eigenvalue weighted by atomic mass is 10.0. The first-order chi connectivity index (χ1) is 11.2. The fraction of sp³-hybridized carbons (Fsp3) is 0.706. The van der Waals surface area contributed by atoms with E-state index in [9.17, 15) is 4.79 Å². The van der Waals surface area contributed by atoms with Gasteiger partial charge in [-0.15, -0.1) is 0 Å². The van der Waals surface area contributed by atoms with Crippen molar-refractivity contribution < 1.29 is 18.7 Å². The van der Waals surface area contributed by atoms with Crippen LogP contribution in [0.2, 0.25) is 0 Å². The van der Waals surface area contributed by atoms with Gasteiger partial charge in [-0.25, -0.2) is 0 Å². The number of nitrogens with zero attached hydrogens (tertiary/aromatic N) is 1. The van der Waals surface area contributed by atoms with Crippen molar-refractivity contribution in [2.24, 2.45) is 5.92 Å². The fourth-order valence-electron chi connectivity index (χ4n) is 3.13. The van der Waals surface area contributed by atoms with Crippen LogP contribution < -0.4 is 5.32 Å². The Balaban J connectivity index is 1.53. The highest BCUT2D eigenvalue weighted by molar-refractivity contribution is 5.95. The zero-order chi connectivity index (χ0) is 16.1. The molecular formula is C17H26N2O4. The summed E-state index contributed by atoms with van der Waals surface area (Å²) in [6, 6.07) is 1.87. The van der Waals surface area contributed by atoms with Crippen molar-refractivity contribution in [1.29, 1.82) is 0 Å². The van der Waals surface area contributed by atoms with Crippen LogP contribution in [0.25, 0.3) is 0 Å². The molecule has 1 aromatic heterocycles. The quantitative estimate of drug-likeness (QED) is 0.891. The molecule has 0 saturated carbocycles. The first-order valence-corrected chi connectivity index (χ1v) is 8.47. The Labute approximate surface area is 137 Å². The highest BCUT2D eigenvalue weighted by Gasteiger charge is 2.20. The predicted molar refractivity (Wildman–Crippen MR) is 85.4 cm³/mol. The molecule has 1 atom stereocenters. The molecule has 23 heavy (non-hydrogen) atoms. The summed E-state index contributed by atoms with van der Waals surface area (Å²) in [5, 5.41) is 3.01. The Morgan fingerprint density at radius 2 is 2.13 bits per heavy atom. The van der Waals surface area contributed by atoms with Crippen molar-refractivity contribution in [3.63, 3.8) is 0 Å². The van der Waals surface area contributed by atoms with Gasteiger partial charge in [0.05, 0.1) is 31.9 Å². The molecule has 3 rings (SSSR count). The fourth-order valence-corrected chi connectivity index (χ4v) is 3.13. The summed E-state index contributed by atoms with van der Waals surface area (Å²) in [6.07, 6.45) is 2.20. The van der Waals surface area contributed by atoms with Crippen molar-refractivity contribution in [1.82, 2.24) is 10.2 Å². The van der Waals surface area contributed by atoms with E-state index < -0.39 is 0 Å². The van der Waals surface area contributed by atoms with Crippen LogP contribution in [0.3, 0.4) is 0 Å². The van der Waals surface area contributed by atoms with E-state index in [0.29, 0.717) is 23.8 Å². The number of nitrogens with one attached hydrogen (secondary N) is 1. The normalized spacial score (nSPS) is 22.9. The summed E-state index contributed by atoms with van der Waals surface area (Å²) in [5.41, 5.74) is 0.644. The van der Waals surface area contributed by atoms with Crippen LogP contribution in [0.1, 0.15) is 34.7 Å². The Morgan fingerprint density at radius 1 is 1.30 bits per heavy atom. The first kappa shape index (κ1) is 16.5. The van der Waals surface area contributed by atoms with Gasteiger partial charge < -0.3 is 19.2 Å². The SMILES string of the molecule is Cc1oc(CN2CCOCC2)cc1C(=O)NCC1CCCOC1. The van der Waals surface area contributed by atoms with Crippen molar-refractivity contribution in [2.75, 3.05) is 46.1 Å². The van der Waals surface area contributed by atoms with Crippen LogP contribution in [0.15, 0.2) is 10.5 Å². The highest BCUT2D eigenvalue weighted by Crippen LogP contribution is 2.18. The van der Waals surface area contributed by atoms with Gasteiger partial charge >= 0.3 is 0 Å². The van der Waals surface area contributed by atoms with Crippen LogP contribution in [0.4, 0.5) is 0 Å². The smallest absolute Gasteiger partial charge is 0.254 e. The second kappa shape index (κ2) is 7.95. The molecule has 0 radical (unpaired) electrons. The molecule has 2 aliphatic rings. The number of amides is 1. The molecule has 1 aromatic rings. The molecular weight excluding hydrogens is 296 g/mol. The number of furan rings is 1. The molecule has 6 heteroatoms. The van der Waals surface area contributed by atoms with E-state index >= 15 is 0 Å². The molecule has 2 aliphatic heterocycles. The summed E-state index contributed by atoms with van der Waals surface area (Å²) in [6.45, 7) is 8.17. The van der Waals surface area contributed by atoms with Crippen molar-refractivity contribution >= 4 is 5.91 Å². The number of ether oxygens (including phenoxy) is 2. The Morgan fingerprint density at radius 3 is 2.87 bits per heavy atom. The summed E-state index contributed by atoms with van der Waals surface area (Å²) < 4.78 is 16.6. The van der Waals surface area contributed by atoms with E-state index in [1.165, 1.54) is 0 Å². The van der Waals surface area contributed by atoms with Gasteiger partial charge in [0, 0.05) is 26.2 Å². The minimum atomic E-state index is -0.0509. The second-order valence-electron chi connectivity index (χ2n) is 6.36. The maximum Gasteiger partial charge on any atom is 0.254 e. The van der Waals surface area contributed by atoms with Gasteiger partial charge in [0.25, 0.3) is 5.91 Å². The lowest BCUT2D eigenvalue weighted by Crippen LogP contribution is -2.35. The molecule has 0 spiro atoms. The molecule has 128 valence electrons. The monoisotopic (exact) mass is 322 g/mol. The summed E-state index contributed by atoms with van der Waals surface area (Å²) in [7, 11) is 0. The van der Waals surface area contributed by atoms with Crippen LogP contribution in [0, 0.1) is 12.8 Å². The Bertz CT molecular complexity index is 517. The summed E-state index contributed by atoms with van der Waals surface area (Å²) in [5.74, 6) is 1.90. The summed E-state index contributed by atoms with van der Waals surface area (Å²) in [4.78, 5) is 14.6. The minimum Gasteiger partial charge on any atom is -0.464 e. The molecule has 1 unspecified atom stereocenters. The zero-order valence-electron chi connectivity index (χ0n) is 13.8. The highest BCUT2D eigenvalue weighted by atomic mass is 16.5. The van der Waals surface area contributed by atoms with E-state index in [4.69, 9.17) is 13.9 Å². The van der Waals surface area contributed by atoms with Crippen molar-refractivity contribution in [3.8, 4) is 0 Å². The van der Waals surface area contributed by atoms with Crippen molar-refractivity contribution in [2.45, 2.75) is 26.3 Å². The van der Waals surface area contributed by atoms with Crippen LogP contribution in [-0.2, 0) is 16.0 Å². The predicted octanol–water partition coefficient (Wildman–Crippen LogP) is 1.58. The lowest BCUT2D eigenvalue weighted by Gasteiger charge is -2.25. The number of carbonyl (C=O) groups excluding carboxylic acids is 1. The van der Waals surface area contributed by atoms with Gasteiger partial charge in [-0.3, -0.25) is 9.69 Å². The summed E-state index contributed by atoms with van der Waals surface area (Å²) >= 11 is 0. The second-order valence-corrected chi connectivity index (χ2v) is 6.36. The number of hydrogen-bond acceptors (Lipinski definition) is 5. The molecule has 2 fully saturated rings. The largest absolute Gasteiger partial charge is 0.464 e. The molecule has 1 amide bonds. The first-order valence-electron chi connectivity index (χ1n) is 8.47. The van der Waals surface area contributed by atoms with Crippen LogP contribution in [-0.4, -0.2) is 56.9 Å². The number of morpholine rings is 1. The van der Waals surface area contributed by atoms with E-state index in [0.717, 1.165) is 64.7 Å². The van der Waals surface area contributed by atoms with Crippen LogP contribution >= 0.6 is 0 Å². The van der Waals surface area contributed by atoms with E-state index in [1.807, 2.05) is 13.0 Å². The molecule has 0 aliphatic carbocycles. The number of hydrogen-bond donors (Lipinski definition) is 1. The maximum atomic E-state index is 12.4. The lowest BCUT2D eigenvalue weighted by molar-refractivity contribution is 0.0312. The van der Waals surface area contributed by atoms with Gasteiger partial charge in [-0.05, 0) is 31.7 Å². The van der Waals surface area contributed by atoms with Gasteiger partial charge in [0.15, 0.2) is 0 Å². The number of rotatable bonds is 5. The number of carbonyl (C=O) groups is 1. The number of aryl methyl sites for hydroxylation is 1. The molecule has 3 heterocycles. The minimum absolute atomic E-state index is 0.0509.